The Morgan fingerprint density at radius 3 is 1.31 bits per heavy atom. The number of carbonyl (C=O) groups is 2. The van der Waals surface area contributed by atoms with Gasteiger partial charge in [0, 0.05) is 13.8 Å². The van der Waals surface area contributed by atoms with E-state index in [1.807, 2.05) is 0 Å². The first-order valence-corrected chi connectivity index (χ1v) is 5.83. The zero-order valence-electron chi connectivity index (χ0n) is 10.6. The number of esters is 1. The lowest BCUT2D eigenvalue weighted by Crippen LogP contribution is -1.95. The van der Waals surface area contributed by atoms with Gasteiger partial charge in [-0.25, -0.2) is 0 Å². The first-order valence-electron chi connectivity index (χ1n) is 5.83. The molecule has 1 N–H and O–H groups in total. The Kier molecular flexibility index (Phi) is 15.1. The van der Waals surface area contributed by atoms with E-state index < -0.39 is 5.97 Å². The summed E-state index contributed by atoms with van der Waals surface area (Å²) in [5, 5.41) is 7.42. The third kappa shape index (κ3) is 29.3. The van der Waals surface area contributed by atoms with Crippen LogP contribution in [0.2, 0.25) is 0 Å². The van der Waals surface area contributed by atoms with E-state index in [9.17, 15) is 4.79 Å². The summed E-state index contributed by atoms with van der Waals surface area (Å²) < 4.78 is 4.40. The molecule has 0 saturated heterocycles. The summed E-state index contributed by atoms with van der Waals surface area (Å²) in [4.78, 5) is 18.8. The fraction of sp³-hybridized carbons (Fsp3) is 0.833. The summed E-state index contributed by atoms with van der Waals surface area (Å²) in [5.74, 6) is -1.04. The molecule has 0 aromatic heterocycles. The van der Waals surface area contributed by atoms with Gasteiger partial charge in [-0.05, 0) is 6.92 Å². The smallest absolute Gasteiger partial charge is 0.302 e. The minimum atomic E-state index is -0.833. The number of carboxylic acids is 1. The summed E-state index contributed by atoms with van der Waals surface area (Å²) in [6.07, 6.45) is 9.00. The van der Waals surface area contributed by atoms with Crippen molar-refractivity contribution in [3.63, 3.8) is 0 Å². The van der Waals surface area contributed by atoms with E-state index in [2.05, 4.69) is 4.74 Å². The van der Waals surface area contributed by atoms with Gasteiger partial charge in [0.1, 0.15) is 0 Å². The standard InChI is InChI=1S/C6H12.C4H8O2.C2H4O2/c1-2-4-6-5-3-1;1-3-6-4(2)5;1-2(3)4/h1-6H2;3H2,1-2H3;1H3,(H,3,4). The highest BCUT2D eigenvalue weighted by Gasteiger charge is 1.95. The highest BCUT2D eigenvalue weighted by Crippen LogP contribution is 2.15. The van der Waals surface area contributed by atoms with E-state index in [0.717, 1.165) is 6.92 Å². The molecular formula is C12H24O4. The molecule has 4 heteroatoms. The molecule has 96 valence electrons. The molecule has 1 saturated carbocycles. The Balaban J connectivity index is 0. The molecule has 0 aromatic rings. The zero-order chi connectivity index (χ0) is 12.8. The minimum absolute atomic E-state index is 0.211. The Labute approximate surface area is 98.0 Å². The van der Waals surface area contributed by atoms with Gasteiger partial charge in [-0.1, -0.05) is 38.5 Å². The maximum Gasteiger partial charge on any atom is 0.302 e. The third-order valence-electron chi connectivity index (χ3n) is 1.85. The molecule has 1 aliphatic carbocycles. The number of carboxylic acid groups (broad SMARTS) is 1. The predicted molar refractivity (Wildman–Crippen MR) is 63.3 cm³/mol. The lowest BCUT2D eigenvalue weighted by atomic mass is 10.0. The van der Waals surface area contributed by atoms with E-state index in [-0.39, 0.29) is 5.97 Å². The molecule has 1 rings (SSSR count). The molecule has 4 nitrogen and oxygen atoms in total. The van der Waals surface area contributed by atoms with E-state index in [1.54, 1.807) is 6.92 Å². The molecule has 1 aliphatic rings. The van der Waals surface area contributed by atoms with E-state index in [0.29, 0.717) is 6.61 Å². The lowest BCUT2D eigenvalue weighted by Gasteiger charge is -2.05. The summed E-state index contributed by atoms with van der Waals surface area (Å²) in [5.41, 5.74) is 0. The zero-order valence-corrected chi connectivity index (χ0v) is 10.6. The van der Waals surface area contributed by atoms with E-state index in [1.165, 1.54) is 45.4 Å². The Hall–Kier alpha value is -1.06. The van der Waals surface area contributed by atoms with Gasteiger partial charge in [-0.15, -0.1) is 0 Å². The molecule has 0 radical (unpaired) electrons. The van der Waals surface area contributed by atoms with Crippen molar-refractivity contribution in [1.29, 1.82) is 0 Å². The summed E-state index contributed by atoms with van der Waals surface area (Å²) >= 11 is 0. The van der Waals surface area contributed by atoms with Crippen molar-refractivity contribution < 1.29 is 19.4 Å². The largest absolute Gasteiger partial charge is 0.481 e. The second-order valence-electron chi connectivity index (χ2n) is 3.56. The SMILES string of the molecule is C1CCCCC1.CC(=O)O.CCOC(C)=O. The van der Waals surface area contributed by atoms with Crippen molar-refractivity contribution >= 4 is 11.9 Å². The number of carbonyl (C=O) groups excluding carboxylic acids is 1. The number of rotatable bonds is 1. The molecule has 0 heterocycles. The van der Waals surface area contributed by atoms with Crippen LogP contribution in [0.25, 0.3) is 0 Å². The van der Waals surface area contributed by atoms with Crippen molar-refractivity contribution in [3.8, 4) is 0 Å². The highest BCUT2D eigenvalue weighted by atomic mass is 16.5. The van der Waals surface area contributed by atoms with Gasteiger partial charge < -0.3 is 9.84 Å². The van der Waals surface area contributed by atoms with Gasteiger partial charge in [0.2, 0.25) is 0 Å². The summed E-state index contributed by atoms with van der Waals surface area (Å²) in [6.45, 7) is 4.74. The van der Waals surface area contributed by atoms with Crippen LogP contribution in [0.3, 0.4) is 0 Å². The second kappa shape index (κ2) is 13.9. The molecule has 1 fully saturated rings. The second-order valence-corrected chi connectivity index (χ2v) is 3.56. The molecule has 0 aliphatic heterocycles. The molecule has 0 spiro atoms. The Morgan fingerprint density at radius 1 is 1.00 bits per heavy atom. The van der Waals surface area contributed by atoms with Gasteiger partial charge in [-0.2, -0.15) is 0 Å². The van der Waals surface area contributed by atoms with Crippen LogP contribution in [0.15, 0.2) is 0 Å². The molecule has 16 heavy (non-hydrogen) atoms. The van der Waals surface area contributed by atoms with Crippen LogP contribution < -0.4 is 0 Å². The molecule has 0 amide bonds. The highest BCUT2D eigenvalue weighted by molar-refractivity contribution is 5.65. The predicted octanol–water partition coefficient (Wildman–Crippen LogP) is 3.00. The average molecular weight is 232 g/mol. The molecule has 0 unspecified atom stereocenters. The van der Waals surface area contributed by atoms with Crippen LogP contribution in [-0.4, -0.2) is 23.7 Å². The van der Waals surface area contributed by atoms with Gasteiger partial charge >= 0.3 is 5.97 Å². The lowest BCUT2D eigenvalue weighted by molar-refractivity contribution is -0.140. The van der Waals surface area contributed by atoms with Crippen molar-refractivity contribution in [2.75, 3.05) is 6.61 Å². The number of hydrogen-bond donors (Lipinski definition) is 1. The fourth-order valence-corrected chi connectivity index (χ4v) is 1.26. The first-order chi connectivity index (χ1) is 7.50. The van der Waals surface area contributed by atoms with Crippen LogP contribution in [0.1, 0.15) is 59.3 Å². The van der Waals surface area contributed by atoms with Crippen LogP contribution in [0, 0.1) is 0 Å². The minimum Gasteiger partial charge on any atom is -0.481 e. The number of hydrogen-bond acceptors (Lipinski definition) is 3. The van der Waals surface area contributed by atoms with Crippen LogP contribution >= 0.6 is 0 Å². The normalized spacial score (nSPS) is 13.4. The number of ether oxygens (including phenoxy) is 1. The van der Waals surface area contributed by atoms with Crippen LogP contribution in [0.5, 0.6) is 0 Å². The fourth-order valence-electron chi connectivity index (χ4n) is 1.26. The first kappa shape index (κ1) is 17.3. The van der Waals surface area contributed by atoms with Crippen molar-refractivity contribution in [2.24, 2.45) is 0 Å². The Bertz CT molecular complexity index is 158. The molecule has 0 atom stereocenters. The maximum atomic E-state index is 9.82. The third-order valence-corrected chi connectivity index (χ3v) is 1.85. The monoisotopic (exact) mass is 232 g/mol. The molecule has 0 bridgehead atoms. The molecular weight excluding hydrogens is 208 g/mol. The van der Waals surface area contributed by atoms with Gasteiger partial charge in [0.15, 0.2) is 0 Å². The Morgan fingerprint density at radius 2 is 1.25 bits per heavy atom. The van der Waals surface area contributed by atoms with E-state index in [4.69, 9.17) is 9.90 Å². The van der Waals surface area contributed by atoms with Crippen LogP contribution in [-0.2, 0) is 14.3 Å². The van der Waals surface area contributed by atoms with Gasteiger partial charge in [-0.3, -0.25) is 9.59 Å². The topological polar surface area (TPSA) is 63.6 Å². The van der Waals surface area contributed by atoms with Crippen LogP contribution in [0.4, 0.5) is 0 Å². The maximum absolute atomic E-state index is 9.82. The van der Waals surface area contributed by atoms with Crippen molar-refractivity contribution in [1.82, 2.24) is 0 Å². The number of aliphatic carboxylic acids is 1. The van der Waals surface area contributed by atoms with Crippen molar-refractivity contribution in [3.05, 3.63) is 0 Å². The molecule has 0 aromatic carbocycles. The van der Waals surface area contributed by atoms with E-state index >= 15 is 0 Å². The van der Waals surface area contributed by atoms with Gasteiger partial charge in [0.25, 0.3) is 5.97 Å². The summed E-state index contributed by atoms with van der Waals surface area (Å²) in [7, 11) is 0. The quantitative estimate of drug-likeness (QED) is 0.706. The van der Waals surface area contributed by atoms with Crippen molar-refractivity contribution in [2.45, 2.75) is 59.3 Å². The summed E-state index contributed by atoms with van der Waals surface area (Å²) in [6, 6.07) is 0. The van der Waals surface area contributed by atoms with Gasteiger partial charge in [0.05, 0.1) is 6.61 Å². The average Bonchev–Trinajstić information content (AvgIpc) is 2.20.